The highest BCUT2D eigenvalue weighted by Gasteiger charge is 2.02. The van der Waals surface area contributed by atoms with Gasteiger partial charge in [0.1, 0.15) is 10.7 Å². The molecule has 0 bridgehead atoms. The molecule has 2 aromatic carbocycles. The summed E-state index contributed by atoms with van der Waals surface area (Å²) in [7, 11) is 0. The van der Waals surface area contributed by atoms with Crippen molar-refractivity contribution in [2.24, 2.45) is 0 Å². The Kier molecular flexibility index (Phi) is 5.76. The van der Waals surface area contributed by atoms with Crippen molar-refractivity contribution >= 4 is 17.2 Å². The molecule has 0 aliphatic heterocycles. The van der Waals surface area contributed by atoms with E-state index in [1.54, 1.807) is 0 Å². The number of thiocarbonyl (C=S) groups is 1. The quantitative estimate of drug-likeness (QED) is 0.806. The number of benzene rings is 2. The molecule has 2 aromatic rings. The third-order valence-corrected chi connectivity index (χ3v) is 3.54. The van der Waals surface area contributed by atoms with Gasteiger partial charge >= 0.3 is 0 Å². The predicted octanol–water partition coefficient (Wildman–Crippen LogP) is 4.25. The second-order valence-electron chi connectivity index (χ2n) is 5.04. The first-order valence-corrected chi connectivity index (χ1v) is 7.66. The van der Waals surface area contributed by atoms with Crippen molar-refractivity contribution in [1.29, 1.82) is 0 Å². The third-order valence-electron chi connectivity index (χ3n) is 3.16. The molecule has 3 heteroatoms. The molecular weight excluding hydrogens is 278 g/mol. The van der Waals surface area contributed by atoms with Gasteiger partial charge in [-0.3, -0.25) is 0 Å². The van der Waals surface area contributed by atoms with Gasteiger partial charge in [-0.1, -0.05) is 49.0 Å². The molecule has 2 nitrogen and oxygen atoms in total. The third kappa shape index (κ3) is 4.87. The minimum atomic E-state index is 0.743. The number of hydrogen-bond acceptors (Lipinski definition) is 2. The topological polar surface area (TPSA) is 21.3 Å². The smallest absolute Gasteiger partial charge is 0.119 e. The molecule has 0 atom stereocenters. The minimum absolute atomic E-state index is 0.743. The highest BCUT2D eigenvalue weighted by atomic mass is 32.1. The van der Waals surface area contributed by atoms with Crippen molar-refractivity contribution in [3.05, 3.63) is 65.2 Å². The van der Waals surface area contributed by atoms with Gasteiger partial charge in [-0.2, -0.15) is 0 Å². The summed E-state index contributed by atoms with van der Waals surface area (Å²) in [5.41, 5.74) is 3.51. The van der Waals surface area contributed by atoms with Crippen LogP contribution in [-0.2, 0) is 6.54 Å². The van der Waals surface area contributed by atoms with Crippen molar-refractivity contribution < 1.29 is 4.74 Å². The summed E-state index contributed by atoms with van der Waals surface area (Å²) in [6.45, 7) is 5.67. The fourth-order valence-corrected chi connectivity index (χ4v) is 2.12. The van der Waals surface area contributed by atoms with Crippen LogP contribution in [0.5, 0.6) is 5.75 Å². The van der Waals surface area contributed by atoms with Crippen LogP contribution in [-0.4, -0.2) is 11.6 Å². The average molecular weight is 299 g/mol. The number of hydrogen-bond donors (Lipinski definition) is 1. The molecule has 21 heavy (non-hydrogen) atoms. The standard InChI is InChI=1S/C18H21NOS/c1-3-12-20-17-10-8-16(9-11-17)18(21)19-13-15-6-4-14(2)5-7-15/h4-11H,3,12-13H2,1-2H3,(H,19,21). The average Bonchev–Trinajstić information content (AvgIpc) is 2.52. The molecule has 0 radical (unpaired) electrons. The van der Waals surface area contributed by atoms with Crippen molar-refractivity contribution in [2.45, 2.75) is 26.8 Å². The zero-order valence-corrected chi connectivity index (χ0v) is 13.4. The van der Waals surface area contributed by atoms with E-state index in [1.807, 2.05) is 24.3 Å². The summed E-state index contributed by atoms with van der Waals surface area (Å²) in [6, 6.07) is 16.4. The molecule has 0 saturated heterocycles. The van der Waals surface area contributed by atoms with E-state index in [9.17, 15) is 0 Å². The van der Waals surface area contributed by atoms with E-state index in [0.717, 1.165) is 35.9 Å². The van der Waals surface area contributed by atoms with Crippen molar-refractivity contribution in [2.75, 3.05) is 6.61 Å². The van der Waals surface area contributed by atoms with E-state index in [1.165, 1.54) is 11.1 Å². The minimum Gasteiger partial charge on any atom is -0.494 e. The summed E-state index contributed by atoms with van der Waals surface area (Å²) in [5, 5.41) is 3.29. The van der Waals surface area contributed by atoms with Gasteiger partial charge in [0.25, 0.3) is 0 Å². The SMILES string of the molecule is CCCOc1ccc(C(=S)NCc2ccc(C)cc2)cc1. The first kappa shape index (κ1) is 15.5. The van der Waals surface area contributed by atoms with Gasteiger partial charge < -0.3 is 10.1 Å². The molecule has 0 amide bonds. The maximum absolute atomic E-state index is 5.57. The zero-order valence-electron chi connectivity index (χ0n) is 12.6. The lowest BCUT2D eigenvalue weighted by molar-refractivity contribution is 0.317. The second kappa shape index (κ2) is 7.79. The lowest BCUT2D eigenvalue weighted by atomic mass is 10.1. The van der Waals surface area contributed by atoms with Crippen LogP contribution in [0.15, 0.2) is 48.5 Å². The van der Waals surface area contributed by atoms with E-state index < -0.39 is 0 Å². The Morgan fingerprint density at radius 2 is 1.71 bits per heavy atom. The van der Waals surface area contributed by atoms with Gasteiger partial charge in [0, 0.05) is 12.1 Å². The monoisotopic (exact) mass is 299 g/mol. The van der Waals surface area contributed by atoms with Gasteiger partial charge in [0.05, 0.1) is 6.61 Å². The van der Waals surface area contributed by atoms with Crippen LogP contribution in [0.3, 0.4) is 0 Å². The maximum Gasteiger partial charge on any atom is 0.119 e. The van der Waals surface area contributed by atoms with Crippen LogP contribution in [0.25, 0.3) is 0 Å². The Hall–Kier alpha value is -1.87. The Bertz CT molecular complexity index is 575. The molecule has 110 valence electrons. The zero-order chi connectivity index (χ0) is 15.1. The number of ether oxygens (including phenoxy) is 1. The highest BCUT2D eigenvalue weighted by molar-refractivity contribution is 7.80. The van der Waals surface area contributed by atoms with Gasteiger partial charge in [-0.25, -0.2) is 0 Å². The fourth-order valence-electron chi connectivity index (χ4n) is 1.91. The van der Waals surface area contributed by atoms with Crippen LogP contribution in [0, 0.1) is 6.92 Å². The van der Waals surface area contributed by atoms with Crippen molar-refractivity contribution in [1.82, 2.24) is 5.32 Å². The molecule has 0 aliphatic rings. The number of nitrogens with one attached hydrogen (secondary N) is 1. The van der Waals surface area contributed by atoms with Crippen molar-refractivity contribution in [3.63, 3.8) is 0 Å². The van der Waals surface area contributed by atoms with Crippen LogP contribution in [0.1, 0.15) is 30.0 Å². The summed E-state index contributed by atoms with van der Waals surface area (Å²) < 4.78 is 5.57. The molecule has 2 rings (SSSR count). The summed E-state index contributed by atoms with van der Waals surface area (Å²) in [4.78, 5) is 0.762. The van der Waals surface area contributed by atoms with Gasteiger partial charge in [0.15, 0.2) is 0 Å². The van der Waals surface area contributed by atoms with E-state index >= 15 is 0 Å². The molecule has 0 heterocycles. The molecule has 0 spiro atoms. The molecule has 0 unspecified atom stereocenters. The highest BCUT2D eigenvalue weighted by Crippen LogP contribution is 2.13. The maximum atomic E-state index is 5.57. The van der Waals surface area contributed by atoms with Crippen LogP contribution < -0.4 is 10.1 Å². The first-order chi connectivity index (χ1) is 10.2. The number of aryl methyl sites for hydroxylation is 1. The van der Waals surface area contributed by atoms with Gasteiger partial charge in [-0.05, 0) is 43.2 Å². The van der Waals surface area contributed by atoms with Gasteiger partial charge in [-0.15, -0.1) is 0 Å². The Labute approximate surface area is 132 Å². The van der Waals surface area contributed by atoms with Crippen LogP contribution in [0.2, 0.25) is 0 Å². The van der Waals surface area contributed by atoms with Crippen molar-refractivity contribution in [3.8, 4) is 5.75 Å². The molecule has 0 fully saturated rings. The Morgan fingerprint density at radius 1 is 1.05 bits per heavy atom. The van der Waals surface area contributed by atoms with Crippen LogP contribution >= 0.6 is 12.2 Å². The van der Waals surface area contributed by atoms with E-state index in [4.69, 9.17) is 17.0 Å². The predicted molar refractivity (Wildman–Crippen MR) is 91.9 cm³/mol. The second-order valence-corrected chi connectivity index (χ2v) is 5.45. The van der Waals surface area contributed by atoms with E-state index in [0.29, 0.717) is 0 Å². The van der Waals surface area contributed by atoms with Gasteiger partial charge in [0.2, 0.25) is 0 Å². The fraction of sp³-hybridized carbons (Fsp3) is 0.278. The first-order valence-electron chi connectivity index (χ1n) is 7.25. The summed E-state index contributed by atoms with van der Waals surface area (Å²) in [5.74, 6) is 0.891. The Balaban J connectivity index is 1.89. The largest absolute Gasteiger partial charge is 0.494 e. The number of rotatable bonds is 6. The van der Waals surface area contributed by atoms with E-state index in [2.05, 4.69) is 43.4 Å². The molecule has 0 aromatic heterocycles. The van der Waals surface area contributed by atoms with E-state index in [-0.39, 0.29) is 0 Å². The molecule has 0 saturated carbocycles. The van der Waals surface area contributed by atoms with Crippen LogP contribution in [0.4, 0.5) is 0 Å². The molecular formula is C18H21NOS. The summed E-state index contributed by atoms with van der Waals surface area (Å²) in [6.07, 6.45) is 1.01. The summed E-state index contributed by atoms with van der Waals surface area (Å²) >= 11 is 5.42. The lowest BCUT2D eigenvalue weighted by Crippen LogP contribution is -2.21. The normalized spacial score (nSPS) is 10.2. The lowest BCUT2D eigenvalue weighted by Gasteiger charge is -2.10. The Morgan fingerprint density at radius 3 is 2.33 bits per heavy atom. The molecule has 1 N–H and O–H groups in total. The molecule has 0 aliphatic carbocycles.